The quantitative estimate of drug-likeness (QED) is 0.0195. The molecule has 7 atom stereocenters. The number of ether oxygens (including phenoxy) is 3. The lowest BCUT2D eigenvalue weighted by atomic mass is 9.99. The van der Waals surface area contributed by atoms with Gasteiger partial charge in [-0.1, -0.05) is 308 Å². The highest BCUT2D eigenvalue weighted by molar-refractivity contribution is 5.76. The second kappa shape index (κ2) is 58.9. The number of hydrogen-bond donors (Lipinski definition) is 6. The lowest BCUT2D eigenvalue weighted by Crippen LogP contribution is -2.60. The second-order valence-corrected chi connectivity index (χ2v) is 24.2. The Balaban J connectivity index is 1.90. The molecule has 1 amide bonds. The molecular formula is C69H131NO10. The smallest absolute Gasteiger partial charge is 0.305 e. The molecule has 0 aromatic heterocycles. The summed E-state index contributed by atoms with van der Waals surface area (Å²) in [6, 6.07) is -0.822. The van der Waals surface area contributed by atoms with E-state index in [9.17, 15) is 35.1 Å². The van der Waals surface area contributed by atoms with Crippen molar-refractivity contribution in [3.63, 3.8) is 0 Å². The molecule has 6 N–H and O–H groups in total. The number of carbonyl (C=O) groups is 2. The molecule has 0 aliphatic carbocycles. The van der Waals surface area contributed by atoms with Gasteiger partial charge in [-0.15, -0.1) is 0 Å². The zero-order valence-electron chi connectivity index (χ0n) is 52.3. The molecule has 11 nitrogen and oxygen atoms in total. The molecule has 1 aliphatic heterocycles. The largest absolute Gasteiger partial charge is 0.466 e. The van der Waals surface area contributed by atoms with Gasteiger partial charge >= 0.3 is 5.97 Å². The fourth-order valence-electron chi connectivity index (χ4n) is 11.1. The van der Waals surface area contributed by atoms with E-state index in [4.69, 9.17) is 14.2 Å². The van der Waals surface area contributed by atoms with Crippen molar-refractivity contribution < 1.29 is 49.3 Å². The summed E-state index contributed by atoms with van der Waals surface area (Å²) in [6.07, 6.45) is 63.4. The monoisotopic (exact) mass is 1130 g/mol. The molecule has 0 spiro atoms. The summed E-state index contributed by atoms with van der Waals surface area (Å²) in [6.45, 7) is 4.31. The Morgan fingerprint density at radius 2 is 0.812 bits per heavy atom. The van der Waals surface area contributed by atoms with Crippen LogP contribution in [0.4, 0.5) is 0 Å². The van der Waals surface area contributed by atoms with E-state index in [2.05, 4.69) is 31.3 Å². The number of esters is 1. The standard InChI is InChI=1S/C69H131NO10/c1-3-5-7-9-11-13-36-41-45-49-53-57-65(74)78-58-54-50-46-42-38-35-33-31-29-27-25-23-21-19-17-15-14-16-18-20-22-24-26-28-30-32-34-37-40-44-48-52-56-64(73)70-61(62(72)55-51-47-43-39-12-10-8-6-4-2)60-79-69-68(77)67(76)66(75)63(59-71)80-69/h12,39,51,55,61-63,66-69,71-72,75-77H,3-11,13-38,40-50,52-54,56-60H2,1-2H3,(H,70,73)/b39-12+,55-51+. The molecule has 1 heterocycles. The molecule has 1 aliphatic rings. The summed E-state index contributed by atoms with van der Waals surface area (Å²) in [5.74, 6) is -0.175. The van der Waals surface area contributed by atoms with Crippen LogP contribution < -0.4 is 5.32 Å². The molecule has 472 valence electrons. The van der Waals surface area contributed by atoms with Gasteiger partial charge in [0, 0.05) is 12.8 Å². The summed E-state index contributed by atoms with van der Waals surface area (Å²) in [5, 5.41) is 54.2. The third-order valence-corrected chi connectivity index (χ3v) is 16.6. The van der Waals surface area contributed by atoms with Crippen molar-refractivity contribution in [3.05, 3.63) is 24.3 Å². The van der Waals surface area contributed by atoms with E-state index in [1.807, 2.05) is 6.08 Å². The number of unbranched alkanes of at least 4 members (excludes halogenated alkanes) is 45. The van der Waals surface area contributed by atoms with Crippen molar-refractivity contribution in [2.75, 3.05) is 19.8 Å². The fourth-order valence-corrected chi connectivity index (χ4v) is 11.1. The summed E-state index contributed by atoms with van der Waals surface area (Å²) < 4.78 is 16.7. The molecule has 1 saturated heterocycles. The van der Waals surface area contributed by atoms with Crippen LogP contribution in [-0.4, -0.2) is 100 Å². The van der Waals surface area contributed by atoms with Crippen LogP contribution in [0.3, 0.4) is 0 Å². The van der Waals surface area contributed by atoms with Crippen LogP contribution >= 0.6 is 0 Å². The maximum Gasteiger partial charge on any atom is 0.305 e. The van der Waals surface area contributed by atoms with E-state index in [0.717, 1.165) is 51.4 Å². The number of aliphatic hydroxyl groups is 5. The first kappa shape index (κ1) is 76.2. The van der Waals surface area contributed by atoms with E-state index in [1.54, 1.807) is 6.08 Å². The summed E-state index contributed by atoms with van der Waals surface area (Å²) in [5.41, 5.74) is 0. The van der Waals surface area contributed by atoms with Crippen LogP contribution in [0.25, 0.3) is 0 Å². The fraction of sp³-hybridized carbons (Fsp3) is 0.913. The maximum absolute atomic E-state index is 13.0. The highest BCUT2D eigenvalue weighted by Gasteiger charge is 2.44. The molecule has 0 radical (unpaired) electrons. The topological polar surface area (TPSA) is 175 Å². The Bertz CT molecular complexity index is 1380. The molecule has 80 heavy (non-hydrogen) atoms. The summed E-state index contributed by atoms with van der Waals surface area (Å²) >= 11 is 0. The van der Waals surface area contributed by atoms with Crippen LogP contribution in [0.15, 0.2) is 24.3 Å². The average Bonchev–Trinajstić information content (AvgIpc) is 3.45. The minimum Gasteiger partial charge on any atom is -0.466 e. The van der Waals surface area contributed by atoms with E-state index < -0.39 is 49.5 Å². The summed E-state index contributed by atoms with van der Waals surface area (Å²) in [7, 11) is 0. The van der Waals surface area contributed by atoms with Crippen molar-refractivity contribution in [1.29, 1.82) is 0 Å². The molecule has 1 rings (SSSR count). The van der Waals surface area contributed by atoms with E-state index in [0.29, 0.717) is 19.4 Å². The Morgan fingerprint density at radius 1 is 0.450 bits per heavy atom. The Kier molecular flexibility index (Phi) is 56.1. The van der Waals surface area contributed by atoms with Crippen molar-refractivity contribution in [3.8, 4) is 0 Å². The molecule has 7 unspecified atom stereocenters. The molecule has 0 aromatic carbocycles. The minimum atomic E-state index is -1.57. The van der Waals surface area contributed by atoms with E-state index in [-0.39, 0.29) is 18.5 Å². The third-order valence-electron chi connectivity index (χ3n) is 16.6. The number of rotatable bonds is 61. The molecular weight excluding hydrogens is 1000 g/mol. The van der Waals surface area contributed by atoms with Gasteiger partial charge < -0.3 is 45.1 Å². The lowest BCUT2D eigenvalue weighted by Gasteiger charge is -2.40. The van der Waals surface area contributed by atoms with E-state index >= 15 is 0 Å². The molecule has 1 fully saturated rings. The Morgan fingerprint density at radius 3 is 1.24 bits per heavy atom. The van der Waals surface area contributed by atoms with Crippen LogP contribution in [0.1, 0.15) is 341 Å². The van der Waals surface area contributed by atoms with Gasteiger partial charge in [0.15, 0.2) is 6.29 Å². The highest BCUT2D eigenvalue weighted by Crippen LogP contribution is 2.23. The number of hydrogen-bond acceptors (Lipinski definition) is 10. The normalized spacial score (nSPS) is 18.4. The number of allylic oxidation sites excluding steroid dienone is 3. The predicted octanol–water partition coefficient (Wildman–Crippen LogP) is 17.2. The van der Waals surface area contributed by atoms with Crippen molar-refractivity contribution in [1.82, 2.24) is 5.32 Å². The van der Waals surface area contributed by atoms with Crippen molar-refractivity contribution >= 4 is 11.9 Å². The first-order valence-electron chi connectivity index (χ1n) is 34.6. The lowest BCUT2D eigenvalue weighted by molar-refractivity contribution is -0.302. The minimum absolute atomic E-state index is 0.0134. The van der Waals surface area contributed by atoms with E-state index in [1.165, 1.54) is 263 Å². The van der Waals surface area contributed by atoms with Gasteiger partial charge in [-0.2, -0.15) is 0 Å². The predicted molar refractivity (Wildman–Crippen MR) is 334 cm³/mol. The molecule has 0 aromatic rings. The maximum atomic E-state index is 13.0. The zero-order chi connectivity index (χ0) is 58.0. The third kappa shape index (κ3) is 47.5. The zero-order valence-corrected chi connectivity index (χ0v) is 52.3. The first-order chi connectivity index (χ1) is 39.2. The second-order valence-electron chi connectivity index (χ2n) is 24.2. The van der Waals surface area contributed by atoms with Gasteiger partial charge in [0.1, 0.15) is 24.4 Å². The van der Waals surface area contributed by atoms with Crippen molar-refractivity contribution in [2.45, 2.75) is 384 Å². The van der Waals surface area contributed by atoms with Gasteiger partial charge in [0.25, 0.3) is 0 Å². The van der Waals surface area contributed by atoms with Crippen LogP contribution in [0.2, 0.25) is 0 Å². The van der Waals surface area contributed by atoms with Crippen molar-refractivity contribution in [2.24, 2.45) is 0 Å². The Hall–Kier alpha value is -1.86. The van der Waals surface area contributed by atoms with Gasteiger partial charge in [-0.25, -0.2) is 0 Å². The van der Waals surface area contributed by atoms with Gasteiger partial charge in [-0.3, -0.25) is 9.59 Å². The number of nitrogens with one attached hydrogen (secondary N) is 1. The SMILES string of the molecule is CCCCC/C=C/CC/C=C/C(O)C(COC1OC(CO)C(O)C(O)C1O)NC(=O)CCCCCCCCCCCCCCCCCCCCCCCCCCCCCCCCCCOC(=O)CCCCCCCCCCCCC. The van der Waals surface area contributed by atoms with Crippen LogP contribution in [0, 0.1) is 0 Å². The number of amides is 1. The summed E-state index contributed by atoms with van der Waals surface area (Å²) in [4.78, 5) is 25.0. The van der Waals surface area contributed by atoms with Crippen LogP contribution in [-0.2, 0) is 23.8 Å². The van der Waals surface area contributed by atoms with Gasteiger partial charge in [0.05, 0.1) is 32.0 Å². The molecule has 11 heteroatoms. The highest BCUT2D eigenvalue weighted by atomic mass is 16.7. The van der Waals surface area contributed by atoms with Gasteiger partial charge in [-0.05, 0) is 44.9 Å². The number of aliphatic hydroxyl groups excluding tert-OH is 5. The molecule has 0 saturated carbocycles. The molecule has 0 bridgehead atoms. The van der Waals surface area contributed by atoms with Crippen LogP contribution in [0.5, 0.6) is 0 Å². The number of carbonyl (C=O) groups excluding carboxylic acids is 2. The first-order valence-corrected chi connectivity index (χ1v) is 34.6. The Labute approximate surface area is 492 Å². The average molecular weight is 1130 g/mol. The van der Waals surface area contributed by atoms with Gasteiger partial charge in [0.2, 0.25) is 5.91 Å².